The fourth-order valence-electron chi connectivity index (χ4n) is 0.514. The number of nitrogens with one attached hydrogen (secondary N) is 1. The Hall–Kier alpha value is -1.55. The Morgan fingerprint density at radius 3 is 2.09 bits per heavy atom. The van der Waals surface area contributed by atoms with Crippen LogP contribution in [-0.2, 0) is 4.79 Å². The largest absolute Gasteiger partial charge is 0.352 e. The molecule has 0 rings (SSSR count). The Labute approximate surface area is 65.4 Å². The average molecular weight is 151 g/mol. The summed E-state index contributed by atoms with van der Waals surface area (Å²) in [6.45, 7) is 3.54. The van der Waals surface area contributed by atoms with Gasteiger partial charge in [0.05, 0.1) is 12.1 Å². The lowest BCUT2D eigenvalue weighted by atomic mass is 10.2. The van der Waals surface area contributed by atoms with Crippen LogP contribution in [0, 0.1) is 28.6 Å². The van der Waals surface area contributed by atoms with Crippen LogP contribution in [0.3, 0.4) is 0 Å². The van der Waals surface area contributed by atoms with Gasteiger partial charge in [0.2, 0.25) is 5.92 Å². The Morgan fingerprint density at radius 1 is 1.36 bits per heavy atom. The quantitative estimate of drug-likeness (QED) is 0.611. The minimum absolute atomic E-state index is 0.0355. The van der Waals surface area contributed by atoms with Gasteiger partial charge < -0.3 is 5.32 Å². The van der Waals surface area contributed by atoms with E-state index in [9.17, 15) is 4.79 Å². The summed E-state index contributed by atoms with van der Waals surface area (Å²) in [5, 5.41) is 19.0. The first-order chi connectivity index (χ1) is 5.11. The monoisotopic (exact) mass is 151 g/mol. The van der Waals surface area contributed by atoms with Crippen LogP contribution in [0.2, 0.25) is 0 Å². The first kappa shape index (κ1) is 9.45. The molecule has 0 fully saturated rings. The average Bonchev–Trinajstić information content (AvgIpc) is 1.88. The molecule has 0 bridgehead atoms. The van der Waals surface area contributed by atoms with Gasteiger partial charge >= 0.3 is 0 Å². The van der Waals surface area contributed by atoms with Crippen LogP contribution in [0.4, 0.5) is 0 Å². The lowest BCUT2D eigenvalue weighted by Crippen LogP contribution is -2.34. The molecule has 0 saturated heterocycles. The summed E-state index contributed by atoms with van der Waals surface area (Å²) >= 11 is 0. The van der Waals surface area contributed by atoms with E-state index < -0.39 is 11.8 Å². The molecular weight excluding hydrogens is 142 g/mol. The molecule has 0 aromatic heterocycles. The third-order valence-electron chi connectivity index (χ3n) is 0.951. The summed E-state index contributed by atoms with van der Waals surface area (Å²) in [5.74, 6) is -1.71. The van der Waals surface area contributed by atoms with Crippen LogP contribution >= 0.6 is 0 Å². The van der Waals surface area contributed by atoms with Gasteiger partial charge in [0.25, 0.3) is 5.91 Å². The first-order valence-electron chi connectivity index (χ1n) is 3.21. The fourth-order valence-corrected chi connectivity index (χ4v) is 0.514. The maximum absolute atomic E-state index is 10.9. The molecule has 0 aromatic carbocycles. The SMILES string of the molecule is CC(C)NC(=O)C(C#N)C#N. The van der Waals surface area contributed by atoms with Crippen LogP contribution in [0.25, 0.3) is 0 Å². The standard InChI is InChI=1S/C7H9N3O/c1-5(2)10-7(11)6(3-8)4-9/h5-6H,1-2H3,(H,10,11). The third kappa shape index (κ3) is 3.22. The number of carbonyl (C=O) groups is 1. The Bertz CT molecular complexity index is 207. The number of carbonyl (C=O) groups excluding carboxylic acids is 1. The maximum Gasteiger partial charge on any atom is 0.252 e. The zero-order valence-corrected chi connectivity index (χ0v) is 6.46. The van der Waals surface area contributed by atoms with Gasteiger partial charge in [0.1, 0.15) is 0 Å². The smallest absolute Gasteiger partial charge is 0.252 e. The van der Waals surface area contributed by atoms with Crippen molar-refractivity contribution in [1.29, 1.82) is 10.5 Å². The molecule has 58 valence electrons. The summed E-state index contributed by atoms with van der Waals surface area (Å²) in [6.07, 6.45) is 0. The molecule has 0 heterocycles. The van der Waals surface area contributed by atoms with Crippen molar-refractivity contribution < 1.29 is 4.79 Å². The van der Waals surface area contributed by atoms with Gasteiger partial charge in [-0.2, -0.15) is 10.5 Å². The van der Waals surface area contributed by atoms with Crippen molar-refractivity contribution in [2.45, 2.75) is 19.9 Å². The second kappa shape index (κ2) is 4.29. The number of hydrogen-bond acceptors (Lipinski definition) is 3. The number of amides is 1. The third-order valence-corrected chi connectivity index (χ3v) is 0.951. The van der Waals surface area contributed by atoms with Crippen molar-refractivity contribution in [2.75, 3.05) is 0 Å². The van der Waals surface area contributed by atoms with E-state index in [0.717, 1.165) is 0 Å². The van der Waals surface area contributed by atoms with Gasteiger partial charge in [-0.15, -0.1) is 0 Å². The van der Waals surface area contributed by atoms with Crippen molar-refractivity contribution in [3.8, 4) is 12.1 Å². The zero-order valence-electron chi connectivity index (χ0n) is 6.46. The Morgan fingerprint density at radius 2 is 1.82 bits per heavy atom. The van der Waals surface area contributed by atoms with Crippen molar-refractivity contribution in [1.82, 2.24) is 5.32 Å². The lowest BCUT2D eigenvalue weighted by Gasteiger charge is -2.06. The summed E-state index contributed by atoms with van der Waals surface area (Å²) < 4.78 is 0. The van der Waals surface area contributed by atoms with Crippen LogP contribution in [0.5, 0.6) is 0 Å². The van der Waals surface area contributed by atoms with E-state index in [1.54, 1.807) is 26.0 Å². The summed E-state index contributed by atoms with van der Waals surface area (Å²) in [6, 6.07) is 3.13. The number of nitriles is 2. The van der Waals surface area contributed by atoms with Crippen LogP contribution in [0.15, 0.2) is 0 Å². The zero-order chi connectivity index (χ0) is 8.85. The molecule has 4 heteroatoms. The highest BCUT2D eigenvalue weighted by molar-refractivity contribution is 5.83. The van der Waals surface area contributed by atoms with Gasteiger partial charge in [-0.05, 0) is 13.8 Å². The minimum Gasteiger partial charge on any atom is -0.352 e. The predicted molar refractivity (Wildman–Crippen MR) is 38.0 cm³/mol. The number of rotatable bonds is 2. The van der Waals surface area contributed by atoms with Gasteiger partial charge in [-0.25, -0.2) is 0 Å². The topological polar surface area (TPSA) is 76.7 Å². The Balaban J connectivity index is 4.06. The minimum atomic E-state index is -1.18. The molecule has 0 aliphatic carbocycles. The van der Waals surface area contributed by atoms with E-state index in [1.165, 1.54) is 0 Å². The van der Waals surface area contributed by atoms with E-state index in [1.807, 2.05) is 0 Å². The van der Waals surface area contributed by atoms with E-state index in [2.05, 4.69) is 5.32 Å². The predicted octanol–water partition coefficient (Wildman–Crippen LogP) is 0.174. The number of hydrogen-bond donors (Lipinski definition) is 1. The molecule has 0 saturated carbocycles. The molecular formula is C7H9N3O. The van der Waals surface area contributed by atoms with Crippen molar-refractivity contribution >= 4 is 5.91 Å². The fraction of sp³-hybridized carbons (Fsp3) is 0.571. The van der Waals surface area contributed by atoms with Gasteiger partial charge in [0.15, 0.2) is 0 Å². The van der Waals surface area contributed by atoms with Crippen LogP contribution in [0.1, 0.15) is 13.8 Å². The van der Waals surface area contributed by atoms with E-state index >= 15 is 0 Å². The highest BCUT2D eigenvalue weighted by Gasteiger charge is 2.16. The molecule has 11 heavy (non-hydrogen) atoms. The van der Waals surface area contributed by atoms with Crippen molar-refractivity contribution in [3.05, 3.63) is 0 Å². The second-order valence-corrected chi connectivity index (χ2v) is 2.35. The normalized spacial score (nSPS) is 8.91. The second-order valence-electron chi connectivity index (χ2n) is 2.35. The van der Waals surface area contributed by atoms with Crippen molar-refractivity contribution in [3.63, 3.8) is 0 Å². The molecule has 4 nitrogen and oxygen atoms in total. The van der Waals surface area contributed by atoms with Crippen molar-refractivity contribution in [2.24, 2.45) is 5.92 Å². The summed E-state index contributed by atoms with van der Waals surface area (Å²) in [7, 11) is 0. The van der Waals surface area contributed by atoms with Gasteiger partial charge in [-0.1, -0.05) is 0 Å². The Kier molecular flexibility index (Phi) is 3.69. The molecule has 0 aliphatic rings. The van der Waals surface area contributed by atoms with Gasteiger partial charge in [-0.3, -0.25) is 4.79 Å². The molecule has 0 radical (unpaired) electrons. The molecule has 0 aromatic rings. The maximum atomic E-state index is 10.9. The molecule has 0 aliphatic heterocycles. The highest BCUT2D eigenvalue weighted by Crippen LogP contribution is 1.92. The van der Waals surface area contributed by atoms with Crippen LogP contribution in [-0.4, -0.2) is 11.9 Å². The molecule has 0 atom stereocenters. The highest BCUT2D eigenvalue weighted by atomic mass is 16.1. The number of nitrogens with zero attached hydrogens (tertiary/aromatic N) is 2. The molecule has 1 amide bonds. The summed E-state index contributed by atoms with van der Waals surface area (Å²) in [5.41, 5.74) is 0. The van der Waals surface area contributed by atoms with Gasteiger partial charge in [0, 0.05) is 6.04 Å². The first-order valence-corrected chi connectivity index (χ1v) is 3.21. The van der Waals surface area contributed by atoms with Crippen LogP contribution < -0.4 is 5.32 Å². The lowest BCUT2D eigenvalue weighted by molar-refractivity contribution is -0.122. The van der Waals surface area contributed by atoms with E-state index in [-0.39, 0.29) is 6.04 Å². The summed E-state index contributed by atoms with van der Waals surface area (Å²) in [4.78, 5) is 10.9. The molecule has 1 N–H and O–H groups in total. The van der Waals surface area contributed by atoms with E-state index in [0.29, 0.717) is 0 Å². The van der Waals surface area contributed by atoms with E-state index in [4.69, 9.17) is 10.5 Å². The molecule has 0 unspecified atom stereocenters. The molecule has 0 spiro atoms.